The summed E-state index contributed by atoms with van der Waals surface area (Å²) in [7, 11) is 0. The van der Waals surface area contributed by atoms with Crippen LogP contribution in [0.2, 0.25) is 0 Å². The van der Waals surface area contributed by atoms with Crippen LogP contribution in [-0.2, 0) is 11.3 Å². The summed E-state index contributed by atoms with van der Waals surface area (Å²) in [6, 6.07) is 21.2. The van der Waals surface area contributed by atoms with Crippen molar-refractivity contribution in [3.63, 3.8) is 0 Å². The minimum Gasteiger partial charge on any atom is -0.486 e. The minimum absolute atomic E-state index is 0.174. The number of benzene rings is 3. The molecule has 36 heavy (non-hydrogen) atoms. The molecule has 1 N–H and O–H groups in total. The standard InChI is InChI=1S/C29H28N4O3/c1-3-33(4-2)18-19-5-9-22(10-6-19)31-28(21-8-12-25-26(16-21)36-14-13-35-25)27-23-11-7-20(17-30)15-24(23)32-29(27)34/h5-12,15-16,27H,3-4,13-14,18H2,1-2H3,(H,32,34). The van der Waals surface area contributed by atoms with Crippen molar-refractivity contribution in [1.29, 1.82) is 5.26 Å². The van der Waals surface area contributed by atoms with Gasteiger partial charge in [0, 0.05) is 17.8 Å². The number of nitrogens with zero attached hydrogens (tertiary/aromatic N) is 3. The molecule has 0 saturated carbocycles. The van der Waals surface area contributed by atoms with Gasteiger partial charge in [-0.1, -0.05) is 32.0 Å². The number of carbonyl (C=O) groups is 1. The van der Waals surface area contributed by atoms with E-state index < -0.39 is 5.92 Å². The summed E-state index contributed by atoms with van der Waals surface area (Å²) in [5, 5.41) is 12.2. The van der Waals surface area contributed by atoms with Crippen molar-refractivity contribution in [2.75, 3.05) is 31.6 Å². The van der Waals surface area contributed by atoms with Gasteiger partial charge in [0.05, 0.1) is 23.0 Å². The molecule has 3 aromatic rings. The molecule has 2 aliphatic rings. The molecule has 182 valence electrons. The van der Waals surface area contributed by atoms with E-state index in [1.54, 1.807) is 12.1 Å². The van der Waals surface area contributed by atoms with E-state index in [1.807, 2.05) is 36.4 Å². The van der Waals surface area contributed by atoms with Crippen LogP contribution in [0.15, 0.2) is 65.7 Å². The van der Waals surface area contributed by atoms with Crippen LogP contribution in [0.3, 0.4) is 0 Å². The molecule has 7 heteroatoms. The van der Waals surface area contributed by atoms with Gasteiger partial charge in [-0.15, -0.1) is 0 Å². The van der Waals surface area contributed by atoms with E-state index in [1.165, 1.54) is 5.56 Å². The molecule has 2 aliphatic heterocycles. The predicted molar refractivity (Wildman–Crippen MR) is 139 cm³/mol. The van der Waals surface area contributed by atoms with E-state index in [2.05, 4.69) is 42.3 Å². The van der Waals surface area contributed by atoms with Gasteiger partial charge in [0.1, 0.15) is 19.1 Å². The van der Waals surface area contributed by atoms with Crippen LogP contribution in [-0.4, -0.2) is 42.8 Å². The first-order chi connectivity index (χ1) is 17.6. The predicted octanol–water partition coefficient (Wildman–Crippen LogP) is 5.03. The maximum Gasteiger partial charge on any atom is 0.238 e. The quantitative estimate of drug-likeness (QED) is 0.480. The molecule has 0 spiro atoms. The van der Waals surface area contributed by atoms with Crippen molar-refractivity contribution in [3.05, 3.63) is 82.9 Å². The molecule has 0 radical (unpaired) electrons. The molecule has 0 bridgehead atoms. The smallest absolute Gasteiger partial charge is 0.238 e. The van der Waals surface area contributed by atoms with E-state index in [4.69, 9.17) is 14.5 Å². The van der Waals surface area contributed by atoms with Crippen molar-refractivity contribution in [2.24, 2.45) is 4.99 Å². The Balaban J connectivity index is 1.57. The Morgan fingerprint density at radius 3 is 2.50 bits per heavy atom. The van der Waals surface area contributed by atoms with Gasteiger partial charge in [-0.25, -0.2) is 0 Å². The summed E-state index contributed by atoms with van der Waals surface area (Å²) in [5.74, 6) is 0.525. The second-order valence-electron chi connectivity index (χ2n) is 8.82. The fraction of sp³-hybridized carbons (Fsp3) is 0.276. The second kappa shape index (κ2) is 10.2. The lowest BCUT2D eigenvalue weighted by atomic mass is 9.90. The number of carbonyl (C=O) groups excluding carboxylic acids is 1. The third kappa shape index (κ3) is 4.68. The molecule has 1 unspecified atom stereocenters. The van der Waals surface area contributed by atoms with Crippen LogP contribution in [0.4, 0.5) is 11.4 Å². The van der Waals surface area contributed by atoms with Crippen molar-refractivity contribution >= 4 is 23.0 Å². The van der Waals surface area contributed by atoms with Crippen molar-refractivity contribution < 1.29 is 14.3 Å². The Hall–Kier alpha value is -4.15. The molecule has 1 amide bonds. The zero-order valence-corrected chi connectivity index (χ0v) is 20.5. The van der Waals surface area contributed by atoms with Gasteiger partial charge in [-0.3, -0.25) is 14.7 Å². The number of nitrogens with one attached hydrogen (secondary N) is 1. The molecule has 0 saturated heterocycles. The lowest BCUT2D eigenvalue weighted by Gasteiger charge is -2.20. The van der Waals surface area contributed by atoms with Gasteiger partial charge >= 0.3 is 0 Å². The molecule has 7 nitrogen and oxygen atoms in total. The molecular weight excluding hydrogens is 452 g/mol. The second-order valence-corrected chi connectivity index (χ2v) is 8.82. The maximum atomic E-state index is 13.2. The summed E-state index contributed by atoms with van der Waals surface area (Å²) in [6.07, 6.45) is 0. The highest BCUT2D eigenvalue weighted by atomic mass is 16.6. The summed E-state index contributed by atoms with van der Waals surface area (Å²) >= 11 is 0. The number of ether oxygens (including phenoxy) is 2. The Kier molecular flexibility index (Phi) is 6.70. The number of rotatable bonds is 7. The SMILES string of the molecule is CCN(CC)Cc1ccc(N=C(c2ccc3c(c2)OCCO3)C2C(=O)Nc3cc(C#N)ccc32)cc1. The first-order valence-electron chi connectivity index (χ1n) is 12.2. The minimum atomic E-state index is -0.620. The third-order valence-corrected chi connectivity index (χ3v) is 6.61. The van der Waals surface area contributed by atoms with Crippen molar-refractivity contribution in [3.8, 4) is 17.6 Å². The zero-order valence-electron chi connectivity index (χ0n) is 20.5. The number of hydrogen-bond donors (Lipinski definition) is 1. The largest absolute Gasteiger partial charge is 0.486 e. The molecular formula is C29H28N4O3. The fourth-order valence-corrected chi connectivity index (χ4v) is 4.62. The Labute approximate surface area is 211 Å². The molecule has 0 aliphatic carbocycles. The highest BCUT2D eigenvalue weighted by molar-refractivity contribution is 6.24. The van der Waals surface area contributed by atoms with E-state index >= 15 is 0 Å². The van der Waals surface area contributed by atoms with Crippen LogP contribution >= 0.6 is 0 Å². The zero-order chi connectivity index (χ0) is 25.1. The molecule has 0 fully saturated rings. The highest BCUT2D eigenvalue weighted by Crippen LogP contribution is 2.39. The molecule has 1 atom stereocenters. The first kappa shape index (κ1) is 23.6. The third-order valence-electron chi connectivity index (χ3n) is 6.61. The number of nitriles is 1. The Bertz CT molecular complexity index is 1350. The molecule has 3 aromatic carbocycles. The summed E-state index contributed by atoms with van der Waals surface area (Å²) in [5.41, 5.74) is 5.31. The Morgan fingerprint density at radius 2 is 1.78 bits per heavy atom. The molecule has 0 aromatic heterocycles. The lowest BCUT2D eigenvalue weighted by molar-refractivity contribution is -0.115. The van der Waals surface area contributed by atoms with Crippen molar-refractivity contribution in [2.45, 2.75) is 26.3 Å². The van der Waals surface area contributed by atoms with Gasteiger partial charge in [0.2, 0.25) is 5.91 Å². The maximum absolute atomic E-state index is 13.2. The average Bonchev–Trinajstić information content (AvgIpc) is 3.25. The lowest BCUT2D eigenvalue weighted by Crippen LogP contribution is -2.22. The number of anilines is 1. The monoisotopic (exact) mass is 480 g/mol. The number of hydrogen-bond acceptors (Lipinski definition) is 6. The first-order valence-corrected chi connectivity index (χ1v) is 12.2. The van der Waals surface area contributed by atoms with E-state index in [-0.39, 0.29) is 5.91 Å². The van der Waals surface area contributed by atoms with Crippen LogP contribution < -0.4 is 14.8 Å². The Morgan fingerprint density at radius 1 is 1.03 bits per heavy atom. The molecule has 5 rings (SSSR count). The van der Waals surface area contributed by atoms with Crippen LogP contribution in [0.5, 0.6) is 11.5 Å². The number of fused-ring (bicyclic) bond motifs is 2. The van der Waals surface area contributed by atoms with Crippen molar-refractivity contribution in [1.82, 2.24) is 4.90 Å². The molecule has 2 heterocycles. The average molecular weight is 481 g/mol. The number of amides is 1. The van der Waals surface area contributed by atoms with Gasteiger partial charge in [-0.2, -0.15) is 5.26 Å². The summed E-state index contributed by atoms with van der Waals surface area (Å²) in [6.45, 7) is 8.17. The summed E-state index contributed by atoms with van der Waals surface area (Å²) < 4.78 is 11.5. The number of aliphatic imine (C=N–C) groups is 1. The van der Waals surface area contributed by atoms with Gasteiger partial charge in [0.25, 0.3) is 0 Å². The fourth-order valence-electron chi connectivity index (χ4n) is 4.62. The highest BCUT2D eigenvalue weighted by Gasteiger charge is 2.36. The summed E-state index contributed by atoms with van der Waals surface area (Å²) in [4.78, 5) is 20.6. The van der Waals surface area contributed by atoms with Gasteiger partial charge in [-0.05, 0) is 66.7 Å². The van der Waals surface area contributed by atoms with E-state index in [9.17, 15) is 10.1 Å². The normalized spacial score (nSPS) is 16.4. The topological polar surface area (TPSA) is 87.0 Å². The van der Waals surface area contributed by atoms with Crippen LogP contribution in [0.1, 0.15) is 42.0 Å². The van der Waals surface area contributed by atoms with Crippen LogP contribution in [0.25, 0.3) is 0 Å². The van der Waals surface area contributed by atoms with Gasteiger partial charge in [0.15, 0.2) is 11.5 Å². The van der Waals surface area contributed by atoms with Crippen LogP contribution in [0, 0.1) is 11.3 Å². The van der Waals surface area contributed by atoms with E-state index in [0.29, 0.717) is 41.7 Å². The van der Waals surface area contributed by atoms with E-state index in [0.717, 1.165) is 36.4 Å². The van der Waals surface area contributed by atoms with Gasteiger partial charge < -0.3 is 14.8 Å².